The molecule has 0 saturated carbocycles. The van der Waals surface area contributed by atoms with Crippen molar-refractivity contribution in [3.05, 3.63) is 18.5 Å². The second-order valence-electron chi connectivity index (χ2n) is 4.71. The molecule has 17 heavy (non-hydrogen) atoms. The Morgan fingerprint density at radius 3 is 2.76 bits per heavy atom. The van der Waals surface area contributed by atoms with E-state index in [0.29, 0.717) is 6.04 Å². The molecule has 1 fully saturated rings. The van der Waals surface area contributed by atoms with Gasteiger partial charge in [-0.25, -0.2) is 0 Å². The maximum absolute atomic E-state index is 5.97. The summed E-state index contributed by atoms with van der Waals surface area (Å²) in [6, 6.07) is 2.60. The fourth-order valence-electron chi connectivity index (χ4n) is 2.54. The highest BCUT2D eigenvalue weighted by atomic mass is 15.2. The fourth-order valence-corrected chi connectivity index (χ4v) is 2.54. The van der Waals surface area contributed by atoms with Gasteiger partial charge in [-0.05, 0) is 25.5 Å². The molecule has 0 atom stereocenters. The van der Waals surface area contributed by atoms with Gasteiger partial charge in [0.2, 0.25) is 0 Å². The van der Waals surface area contributed by atoms with Crippen LogP contribution in [0.3, 0.4) is 0 Å². The third-order valence-corrected chi connectivity index (χ3v) is 3.76. The molecule has 4 heteroatoms. The Bertz CT molecular complexity index is 358. The molecule has 1 aliphatic rings. The highest BCUT2D eigenvalue weighted by Gasteiger charge is 2.22. The SMILES string of the molecule is CCN1CCC(N(C)c2ccncc2N)CC1. The minimum Gasteiger partial charge on any atom is -0.396 e. The standard InChI is InChI=1S/C13H22N4/c1-3-17-8-5-11(6-9-17)16(2)13-4-7-15-10-12(13)14/h4,7,10-11H,3,5-6,8-9,14H2,1-2H3. The first-order valence-electron chi connectivity index (χ1n) is 6.37. The summed E-state index contributed by atoms with van der Waals surface area (Å²) in [7, 11) is 2.14. The zero-order valence-electron chi connectivity index (χ0n) is 10.8. The van der Waals surface area contributed by atoms with Gasteiger partial charge < -0.3 is 15.5 Å². The highest BCUT2D eigenvalue weighted by molar-refractivity contribution is 5.66. The van der Waals surface area contributed by atoms with Gasteiger partial charge >= 0.3 is 0 Å². The first kappa shape index (κ1) is 12.2. The number of nitrogen functional groups attached to an aromatic ring is 1. The van der Waals surface area contributed by atoms with E-state index in [1.54, 1.807) is 6.20 Å². The fraction of sp³-hybridized carbons (Fsp3) is 0.615. The molecule has 94 valence electrons. The number of pyridine rings is 1. The predicted octanol–water partition coefficient (Wildman–Crippen LogP) is 1.58. The van der Waals surface area contributed by atoms with Crippen LogP contribution in [0.2, 0.25) is 0 Å². The van der Waals surface area contributed by atoms with E-state index in [1.165, 1.54) is 25.9 Å². The summed E-state index contributed by atoms with van der Waals surface area (Å²) < 4.78 is 0. The van der Waals surface area contributed by atoms with E-state index in [9.17, 15) is 0 Å². The summed E-state index contributed by atoms with van der Waals surface area (Å²) in [5.41, 5.74) is 7.84. The van der Waals surface area contributed by atoms with Crippen molar-refractivity contribution < 1.29 is 0 Å². The number of nitrogens with zero attached hydrogens (tertiary/aromatic N) is 3. The molecule has 0 unspecified atom stereocenters. The first-order valence-corrected chi connectivity index (χ1v) is 6.37. The molecule has 2 heterocycles. The number of likely N-dealkylation sites (tertiary alicyclic amines) is 1. The molecule has 1 aromatic rings. The lowest BCUT2D eigenvalue weighted by atomic mass is 10.0. The van der Waals surface area contributed by atoms with Crippen molar-refractivity contribution in [1.29, 1.82) is 0 Å². The second kappa shape index (κ2) is 5.36. The van der Waals surface area contributed by atoms with Crippen LogP contribution in [0.15, 0.2) is 18.5 Å². The molecule has 1 aromatic heterocycles. The molecule has 0 amide bonds. The van der Waals surface area contributed by atoms with E-state index in [4.69, 9.17) is 5.73 Å². The lowest BCUT2D eigenvalue weighted by Crippen LogP contribution is -2.43. The van der Waals surface area contributed by atoms with Crippen molar-refractivity contribution in [3.8, 4) is 0 Å². The maximum Gasteiger partial charge on any atom is 0.0738 e. The Kier molecular flexibility index (Phi) is 3.84. The van der Waals surface area contributed by atoms with Gasteiger partial charge in [-0.15, -0.1) is 0 Å². The summed E-state index contributed by atoms with van der Waals surface area (Å²) in [5, 5.41) is 0. The van der Waals surface area contributed by atoms with Gasteiger partial charge in [0.05, 0.1) is 17.6 Å². The summed E-state index contributed by atoms with van der Waals surface area (Å²) in [4.78, 5) is 8.85. The zero-order chi connectivity index (χ0) is 12.3. The quantitative estimate of drug-likeness (QED) is 0.862. The molecule has 4 nitrogen and oxygen atoms in total. The van der Waals surface area contributed by atoms with Crippen molar-refractivity contribution >= 4 is 11.4 Å². The van der Waals surface area contributed by atoms with Gasteiger partial charge in [-0.3, -0.25) is 4.98 Å². The molecule has 0 aliphatic carbocycles. The Morgan fingerprint density at radius 2 is 2.18 bits per heavy atom. The number of rotatable bonds is 3. The predicted molar refractivity (Wildman–Crippen MR) is 72.2 cm³/mol. The molecule has 0 bridgehead atoms. The molecule has 1 saturated heterocycles. The van der Waals surface area contributed by atoms with Gasteiger partial charge in [-0.2, -0.15) is 0 Å². The van der Waals surface area contributed by atoms with E-state index < -0.39 is 0 Å². The minimum absolute atomic E-state index is 0.600. The van der Waals surface area contributed by atoms with Crippen LogP contribution in [0.1, 0.15) is 19.8 Å². The van der Waals surface area contributed by atoms with Crippen molar-refractivity contribution in [3.63, 3.8) is 0 Å². The van der Waals surface area contributed by atoms with Crippen LogP contribution in [-0.2, 0) is 0 Å². The number of aromatic nitrogens is 1. The Morgan fingerprint density at radius 1 is 1.47 bits per heavy atom. The Labute approximate surface area is 103 Å². The lowest BCUT2D eigenvalue weighted by molar-refractivity contribution is 0.221. The summed E-state index contributed by atoms with van der Waals surface area (Å²) >= 11 is 0. The highest BCUT2D eigenvalue weighted by Crippen LogP contribution is 2.26. The van der Waals surface area contributed by atoms with Crippen molar-refractivity contribution in [2.24, 2.45) is 0 Å². The van der Waals surface area contributed by atoms with Crippen LogP contribution >= 0.6 is 0 Å². The van der Waals surface area contributed by atoms with Gasteiger partial charge in [-0.1, -0.05) is 6.92 Å². The number of hydrogen-bond donors (Lipinski definition) is 1. The van der Waals surface area contributed by atoms with E-state index in [1.807, 2.05) is 12.3 Å². The largest absolute Gasteiger partial charge is 0.396 e. The zero-order valence-corrected chi connectivity index (χ0v) is 10.8. The topological polar surface area (TPSA) is 45.4 Å². The van der Waals surface area contributed by atoms with Crippen molar-refractivity contribution in [1.82, 2.24) is 9.88 Å². The summed E-state index contributed by atoms with van der Waals surface area (Å²) in [6.07, 6.45) is 5.97. The average molecular weight is 234 g/mol. The second-order valence-corrected chi connectivity index (χ2v) is 4.71. The van der Waals surface area contributed by atoms with Gasteiger partial charge in [0.15, 0.2) is 0 Å². The normalized spacial score (nSPS) is 18.2. The number of nitrogens with two attached hydrogens (primary N) is 1. The van der Waals surface area contributed by atoms with Crippen LogP contribution < -0.4 is 10.6 Å². The molecular weight excluding hydrogens is 212 g/mol. The molecule has 1 aliphatic heterocycles. The van der Waals surface area contributed by atoms with Gasteiger partial charge in [0.1, 0.15) is 0 Å². The summed E-state index contributed by atoms with van der Waals surface area (Å²) in [5.74, 6) is 0. The summed E-state index contributed by atoms with van der Waals surface area (Å²) in [6.45, 7) is 5.77. The lowest BCUT2D eigenvalue weighted by Gasteiger charge is -2.37. The minimum atomic E-state index is 0.600. The maximum atomic E-state index is 5.97. The van der Waals surface area contributed by atoms with Gasteiger partial charge in [0, 0.05) is 32.4 Å². The van der Waals surface area contributed by atoms with Crippen LogP contribution in [0.25, 0.3) is 0 Å². The number of hydrogen-bond acceptors (Lipinski definition) is 4. The molecule has 2 N–H and O–H groups in total. The van der Waals surface area contributed by atoms with E-state index in [2.05, 4.69) is 28.8 Å². The van der Waals surface area contributed by atoms with Crippen LogP contribution in [0.4, 0.5) is 11.4 Å². The smallest absolute Gasteiger partial charge is 0.0738 e. The van der Waals surface area contributed by atoms with Crippen molar-refractivity contribution in [2.75, 3.05) is 37.3 Å². The number of piperidine rings is 1. The monoisotopic (exact) mass is 234 g/mol. The van der Waals surface area contributed by atoms with E-state index in [-0.39, 0.29) is 0 Å². The van der Waals surface area contributed by atoms with Crippen molar-refractivity contribution in [2.45, 2.75) is 25.8 Å². The van der Waals surface area contributed by atoms with E-state index >= 15 is 0 Å². The Hall–Kier alpha value is -1.29. The third kappa shape index (κ3) is 2.69. The molecule has 0 aromatic carbocycles. The van der Waals surface area contributed by atoms with Crippen LogP contribution in [0.5, 0.6) is 0 Å². The molecule has 2 rings (SSSR count). The number of anilines is 2. The van der Waals surface area contributed by atoms with E-state index in [0.717, 1.165) is 17.9 Å². The average Bonchev–Trinajstić information content (AvgIpc) is 2.39. The van der Waals surface area contributed by atoms with Gasteiger partial charge in [0.25, 0.3) is 0 Å². The molecule has 0 radical (unpaired) electrons. The van der Waals surface area contributed by atoms with Crippen LogP contribution in [0, 0.1) is 0 Å². The van der Waals surface area contributed by atoms with Crippen LogP contribution in [-0.4, -0.2) is 42.6 Å². The Balaban J connectivity index is 2.02. The third-order valence-electron chi connectivity index (χ3n) is 3.76. The molecular formula is C13H22N4. The first-order chi connectivity index (χ1) is 8.22. The molecule has 0 spiro atoms.